The van der Waals surface area contributed by atoms with Gasteiger partial charge in [-0.25, -0.2) is 9.37 Å². The molecule has 0 unspecified atom stereocenters. The summed E-state index contributed by atoms with van der Waals surface area (Å²) in [5, 5.41) is 9.49. The number of rotatable bonds is 5. The maximum Gasteiger partial charge on any atom is 0.323 e. The Morgan fingerprint density at radius 3 is 2.80 bits per heavy atom. The van der Waals surface area contributed by atoms with Crippen molar-refractivity contribution in [3.63, 3.8) is 0 Å². The Balaban J connectivity index is 1.80. The standard InChI is InChI=1S/C20H13ClFN3O3S2/c21-12-5-6-14-15(7-12)24(9-11-3-1-2-4-13(11)22)17(23-14)8-16-19(28)25(10-18(26)27)20(29)30-16/h1-8H,9-10H2,(H,26,27)/b16-8-. The minimum absolute atomic E-state index is 0.161. The highest BCUT2D eigenvalue weighted by atomic mass is 35.5. The van der Waals surface area contributed by atoms with Crippen molar-refractivity contribution in [1.29, 1.82) is 0 Å². The number of thiocarbonyl (C=S) groups is 1. The van der Waals surface area contributed by atoms with E-state index in [1.54, 1.807) is 41.0 Å². The molecule has 4 rings (SSSR count). The van der Waals surface area contributed by atoms with Crippen LogP contribution in [-0.2, 0) is 16.1 Å². The number of halogens is 2. The molecule has 1 saturated heterocycles. The molecular weight excluding hydrogens is 449 g/mol. The first-order chi connectivity index (χ1) is 14.3. The Labute approximate surface area is 184 Å². The third-order valence-electron chi connectivity index (χ3n) is 4.45. The molecule has 0 spiro atoms. The number of aliphatic carboxylic acids is 1. The zero-order valence-corrected chi connectivity index (χ0v) is 17.6. The molecule has 1 fully saturated rings. The minimum atomic E-state index is -1.16. The molecule has 1 aliphatic rings. The van der Waals surface area contributed by atoms with Crippen LogP contribution < -0.4 is 0 Å². The van der Waals surface area contributed by atoms with Crippen molar-refractivity contribution in [1.82, 2.24) is 14.5 Å². The highest BCUT2D eigenvalue weighted by Crippen LogP contribution is 2.33. The molecule has 0 atom stereocenters. The number of hydrogen-bond acceptors (Lipinski definition) is 5. The number of carbonyl (C=O) groups is 2. The smallest absolute Gasteiger partial charge is 0.323 e. The molecule has 0 aliphatic carbocycles. The largest absolute Gasteiger partial charge is 0.480 e. The summed E-state index contributed by atoms with van der Waals surface area (Å²) in [6, 6.07) is 11.5. The molecule has 1 aromatic heterocycles. The van der Waals surface area contributed by atoms with Crippen LogP contribution in [0.25, 0.3) is 17.1 Å². The normalized spacial score (nSPS) is 15.5. The molecule has 6 nitrogen and oxygen atoms in total. The van der Waals surface area contributed by atoms with Crippen molar-refractivity contribution in [3.8, 4) is 0 Å². The lowest BCUT2D eigenvalue weighted by Gasteiger charge is -2.10. The molecule has 3 aromatic rings. The Hall–Kier alpha value is -2.75. The number of imidazole rings is 1. The summed E-state index contributed by atoms with van der Waals surface area (Å²) in [6.45, 7) is -0.339. The molecule has 152 valence electrons. The number of amides is 1. The van der Waals surface area contributed by atoms with E-state index < -0.39 is 18.4 Å². The Morgan fingerprint density at radius 1 is 1.30 bits per heavy atom. The first kappa shape index (κ1) is 20.5. The highest BCUT2D eigenvalue weighted by Gasteiger charge is 2.33. The van der Waals surface area contributed by atoms with Crippen molar-refractivity contribution in [2.75, 3.05) is 6.54 Å². The summed E-state index contributed by atoms with van der Waals surface area (Å²) in [5.41, 5.74) is 1.76. The van der Waals surface area contributed by atoms with Crippen LogP contribution in [0.1, 0.15) is 11.4 Å². The fourth-order valence-electron chi connectivity index (χ4n) is 3.08. The van der Waals surface area contributed by atoms with Gasteiger partial charge >= 0.3 is 5.97 Å². The van der Waals surface area contributed by atoms with Gasteiger partial charge in [-0.3, -0.25) is 14.5 Å². The topological polar surface area (TPSA) is 75.4 Å². The predicted molar refractivity (Wildman–Crippen MR) is 118 cm³/mol. The number of nitrogens with zero attached hydrogens (tertiary/aromatic N) is 3. The van der Waals surface area contributed by atoms with Crippen LogP contribution in [0, 0.1) is 5.82 Å². The van der Waals surface area contributed by atoms with Gasteiger partial charge in [-0.15, -0.1) is 0 Å². The van der Waals surface area contributed by atoms with Gasteiger partial charge in [0.2, 0.25) is 0 Å². The van der Waals surface area contributed by atoms with Gasteiger partial charge in [0.1, 0.15) is 22.5 Å². The van der Waals surface area contributed by atoms with Gasteiger partial charge in [0.25, 0.3) is 5.91 Å². The van der Waals surface area contributed by atoms with Crippen LogP contribution in [0.3, 0.4) is 0 Å². The van der Waals surface area contributed by atoms with E-state index in [1.165, 1.54) is 12.1 Å². The van der Waals surface area contributed by atoms with Crippen molar-refractivity contribution in [2.45, 2.75) is 6.54 Å². The Morgan fingerprint density at radius 2 is 2.07 bits per heavy atom. The van der Waals surface area contributed by atoms with E-state index in [9.17, 15) is 14.0 Å². The fourth-order valence-corrected chi connectivity index (χ4v) is 4.47. The van der Waals surface area contributed by atoms with E-state index in [4.69, 9.17) is 28.9 Å². The van der Waals surface area contributed by atoms with Gasteiger partial charge in [-0.1, -0.05) is 53.8 Å². The summed E-state index contributed by atoms with van der Waals surface area (Å²) in [7, 11) is 0. The number of hydrogen-bond donors (Lipinski definition) is 1. The second-order valence-electron chi connectivity index (χ2n) is 6.44. The zero-order valence-electron chi connectivity index (χ0n) is 15.2. The van der Waals surface area contributed by atoms with E-state index in [-0.39, 0.29) is 21.6 Å². The second kappa shape index (κ2) is 8.17. The number of thioether (sulfide) groups is 1. The number of aromatic nitrogens is 2. The number of fused-ring (bicyclic) bond motifs is 1. The fraction of sp³-hybridized carbons (Fsp3) is 0.100. The molecule has 0 radical (unpaired) electrons. The molecule has 10 heteroatoms. The van der Waals surface area contributed by atoms with E-state index in [1.807, 2.05) is 0 Å². The van der Waals surface area contributed by atoms with Gasteiger partial charge in [0.15, 0.2) is 0 Å². The average Bonchev–Trinajstić information content (AvgIpc) is 3.15. The van der Waals surface area contributed by atoms with Gasteiger partial charge in [0.05, 0.1) is 22.5 Å². The van der Waals surface area contributed by atoms with E-state index >= 15 is 0 Å². The summed E-state index contributed by atoms with van der Waals surface area (Å²) in [5.74, 6) is -1.62. The van der Waals surface area contributed by atoms with E-state index in [0.29, 0.717) is 27.4 Å². The SMILES string of the molecule is O=C(O)CN1C(=O)/C(=C/c2nc3ccc(Cl)cc3n2Cc2ccccc2F)SC1=S. The maximum atomic E-state index is 14.3. The molecule has 0 saturated carbocycles. The van der Waals surface area contributed by atoms with E-state index in [2.05, 4.69) is 4.98 Å². The van der Waals surface area contributed by atoms with Crippen LogP contribution in [0.5, 0.6) is 0 Å². The lowest BCUT2D eigenvalue weighted by molar-refractivity contribution is -0.140. The minimum Gasteiger partial charge on any atom is -0.480 e. The number of carbonyl (C=O) groups excluding carboxylic acids is 1. The predicted octanol–water partition coefficient (Wildman–Crippen LogP) is 4.16. The Kier molecular flexibility index (Phi) is 5.59. The van der Waals surface area contributed by atoms with Crippen molar-refractivity contribution in [3.05, 3.63) is 69.6 Å². The molecule has 1 aliphatic heterocycles. The van der Waals surface area contributed by atoms with Crippen LogP contribution in [-0.4, -0.2) is 42.3 Å². The molecule has 2 heterocycles. The highest BCUT2D eigenvalue weighted by molar-refractivity contribution is 8.26. The van der Waals surface area contributed by atoms with Gasteiger partial charge < -0.3 is 9.67 Å². The molecule has 2 aromatic carbocycles. The quantitative estimate of drug-likeness (QED) is 0.454. The summed E-state index contributed by atoms with van der Waals surface area (Å²) < 4.78 is 16.2. The first-order valence-electron chi connectivity index (χ1n) is 8.70. The van der Waals surface area contributed by atoms with Gasteiger partial charge in [-0.2, -0.15) is 0 Å². The van der Waals surface area contributed by atoms with Crippen LogP contribution in [0.15, 0.2) is 47.4 Å². The third kappa shape index (κ3) is 3.96. The van der Waals surface area contributed by atoms with Crippen LogP contribution in [0.2, 0.25) is 5.02 Å². The molecule has 1 amide bonds. The van der Waals surface area contributed by atoms with Crippen molar-refractivity contribution < 1.29 is 19.1 Å². The number of benzene rings is 2. The second-order valence-corrected chi connectivity index (χ2v) is 8.55. The Bertz CT molecular complexity index is 1240. The molecule has 0 bridgehead atoms. The van der Waals surface area contributed by atoms with Crippen LogP contribution >= 0.6 is 35.6 Å². The summed E-state index contributed by atoms with van der Waals surface area (Å²) >= 11 is 12.3. The maximum absolute atomic E-state index is 14.3. The average molecular weight is 462 g/mol. The number of carboxylic acid groups (broad SMARTS) is 1. The summed E-state index contributed by atoms with van der Waals surface area (Å²) in [6.07, 6.45) is 1.54. The first-order valence-corrected chi connectivity index (χ1v) is 10.3. The summed E-state index contributed by atoms with van der Waals surface area (Å²) in [4.78, 5) is 29.4. The monoisotopic (exact) mass is 461 g/mol. The third-order valence-corrected chi connectivity index (χ3v) is 6.07. The molecular formula is C20H13ClFN3O3S2. The lowest BCUT2D eigenvalue weighted by Crippen LogP contribution is -2.33. The lowest BCUT2D eigenvalue weighted by atomic mass is 10.2. The number of carboxylic acids is 1. The van der Waals surface area contributed by atoms with Crippen LogP contribution in [0.4, 0.5) is 4.39 Å². The molecule has 30 heavy (non-hydrogen) atoms. The molecule has 1 N–H and O–H groups in total. The van der Waals surface area contributed by atoms with Gasteiger partial charge in [-0.05, 0) is 24.3 Å². The van der Waals surface area contributed by atoms with Gasteiger partial charge in [0, 0.05) is 16.7 Å². The van der Waals surface area contributed by atoms with E-state index in [0.717, 1.165) is 16.7 Å². The zero-order chi connectivity index (χ0) is 21.4. The van der Waals surface area contributed by atoms with Crippen molar-refractivity contribution in [2.24, 2.45) is 0 Å². The van der Waals surface area contributed by atoms with Crippen molar-refractivity contribution >= 4 is 68.9 Å².